The Morgan fingerprint density at radius 3 is 2.82 bits per heavy atom. The van der Waals surface area contributed by atoms with Crippen molar-refractivity contribution in [2.45, 2.75) is 6.92 Å². The Labute approximate surface area is 173 Å². The lowest BCUT2D eigenvalue weighted by atomic mass is 10.2. The first-order valence-corrected chi connectivity index (χ1v) is 9.67. The minimum absolute atomic E-state index is 0.200. The van der Waals surface area contributed by atoms with E-state index < -0.39 is 0 Å². The van der Waals surface area contributed by atoms with Gasteiger partial charge in [0.05, 0.1) is 17.7 Å². The fourth-order valence-electron chi connectivity index (χ4n) is 2.49. The van der Waals surface area contributed by atoms with Crippen molar-refractivity contribution in [1.29, 1.82) is 0 Å². The topological polar surface area (TPSA) is 59.9 Å². The summed E-state index contributed by atoms with van der Waals surface area (Å²) in [6, 6.07) is 10.9. The molecule has 2 aromatic carbocycles. The molecule has 0 saturated carbocycles. The highest BCUT2D eigenvalue weighted by molar-refractivity contribution is 8.18. The van der Waals surface area contributed by atoms with Gasteiger partial charge in [-0.3, -0.25) is 4.79 Å². The van der Waals surface area contributed by atoms with Crippen molar-refractivity contribution in [3.63, 3.8) is 0 Å². The van der Waals surface area contributed by atoms with Gasteiger partial charge in [0, 0.05) is 5.02 Å². The molecule has 1 fully saturated rings. The van der Waals surface area contributed by atoms with Crippen LogP contribution in [0.3, 0.4) is 0 Å². The first-order chi connectivity index (χ1) is 13.5. The van der Waals surface area contributed by atoms with Gasteiger partial charge >= 0.3 is 0 Å². The van der Waals surface area contributed by atoms with E-state index in [2.05, 4.69) is 16.9 Å². The molecule has 0 bridgehead atoms. The van der Waals surface area contributed by atoms with Crippen molar-refractivity contribution < 1.29 is 14.3 Å². The Kier molecular flexibility index (Phi) is 6.44. The van der Waals surface area contributed by atoms with Gasteiger partial charge in [-0.25, -0.2) is 4.99 Å². The zero-order chi connectivity index (χ0) is 20.1. The third-order valence-electron chi connectivity index (χ3n) is 3.89. The molecule has 1 N–H and O–H groups in total. The summed E-state index contributed by atoms with van der Waals surface area (Å²) >= 11 is 7.31. The van der Waals surface area contributed by atoms with Crippen LogP contribution in [-0.4, -0.2) is 24.8 Å². The highest BCUT2D eigenvalue weighted by Gasteiger charge is 2.24. The summed E-state index contributed by atoms with van der Waals surface area (Å²) in [5.41, 5.74) is 2.52. The second kappa shape index (κ2) is 8.99. The van der Waals surface area contributed by atoms with E-state index in [9.17, 15) is 4.79 Å². The van der Waals surface area contributed by atoms with Crippen LogP contribution in [0.25, 0.3) is 6.08 Å². The molecular weight excluding hydrogens is 396 g/mol. The average Bonchev–Trinajstić information content (AvgIpc) is 3.02. The number of methoxy groups -OCH3 is 1. The van der Waals surface area contributed by atoms with Crippen molar-refractivity contribution in [3.05, 3.63) is 70.1 Å². The number of carbonyl (C=O) groups is 1. The Morgan fingerprint density at radius 2 is 2.07 bits per heavy atom. The summed E-state index contributed by atoms with van der Waals surface area (Å²) in [4.78, 5) is 17.4. The molecule has 28 heavy (non-hydrogen) atoms. The smallest absolute Gasteiger partial charge is 0.264 e. The summed E-state index contributed by atoms with van der Waals surface area (Å²) in [6.07, 6.45) is 3.45. The van der Waals surface area contributed by atoms with Crippen LogP contribution >= 0.6 is 23.4 Å². The van der Waals surface area contributed by atoms with E-state index in [1.165, 1.54) is 11.8 Å². The van der Waals surface area contributed by atoms with Crippen molar-refractivity contribution in [2.24, 2.45) is 4.99 Å². The van der Waals surface area contributed by atoms with Crippen LogP contribution in [0.1, 0.15) is 11.1 Å². The Hall–Kier alpha value is -2.70. The maximum absolute atomic E-state index is 12.3. The summed E-state index contributed by atoms with van der Waals surface area (Å²) in [5.74, 6) is 1.00. The number of nitrogens with zero attached hydrogens (tertiary/aromatic N) is 1. The zero-order valence-corrected chi connectivity index (χ0v) is 17.1. The average molecular weight is 415 g/mol. The number of amidine groups is 1. The molecule has 7 heteroatoms. The summed E-state index contributed by atoms with van der Waals surface area (Å²) in [7, 11) is 1.57. The highest BCUT2D eigenvalue weighted by Crippen LogP contribution is 2.33. The molecular formula is C21H19ClN2O3S. The van der Waals surface area contributed by atoms with E-state index in [-0.39, 0.29) is 5.91 Å². The molecule has 0 atom stereocenters. The molecule has 0 aliphatic carbocycles. The summed E-state index contributed by atoms with van der Waals surface area (Å²) in [6.45, 7) is 5.96. The number of rotatable bonds is 6. The lowest BCUT2D eigenvalue weighted by Crippen LogP contribution is -2.19. The maximum atomic E-state index is 12.3. The second-order valence-corrected chi connectivity index (χ2v) is 7.39. The number of thioether (sulfide) groups is 1. The first-order valence-electron chi connectivity index (χ1n) is 8.47. The molecule has 1 aliphatic rings. The predicted molar refractivity (Wildman–Crippen MR) is 116 cm³/mol. The zero-order valence-electron chi connectivity index (χ0n) is 15.5. The molecule has 3 rings (SSSR count). The molecule has 1 aliphatic heterocycles. The number of benzene rings is 2. The van der Waals surface area contributed by atoms with Crippen LogP contribution in [0.15, 0.2) is 59.0 Å². The van der Waals surface area contributed by atoms with Gasteiger partial charge in [-0.15, -0.1) is 0 Å². The molecule has 0 unspecified atom stereocenters. The Morgan fingerprint density at radius 1 is 1.25 bits per heavy atom. The van der Waals surface area contributed by atoms with Crippen LogP contribution < -0.4 is 14.8 Å². The Bertz CT molecular complexity index is 986. The summed E-state index contributed by atoms with van der Waals surface area (Å²) in [5, 5.41) is 3.89. The maximum Gasteiger partial charge on any atom is 0.264 e. The number of aryl methyl sites for hydroxylation is 1. The molecule has 0 radical (unpaired) electrons. The minimum atomic E-state index is -0.200. The molecule has 144 valence electrons. The molecule has 1 heterocycles. The number of aliphatic imine (C=N–C) groups is 1. The second-order valence-electron chi connectivity index (χ2n) is 5.92. The van der Waals surface area contributed by atoms with Crippen molar-refractivity contribution >= 4 is 46.2 Å². The number of carbonyl (C=O) groups excluding carboxylic acids is 1. The van der Waals surface area contributed by atoms with Gasteiger partial charge in [0.25, 0.3) is 5.91 Å². The van der Waals surface area contributed by atoms with Crippen molar-refractivity contribution in [1.82, 2.24) is 5.32 Å². The van der Waals surface area contributed by atoms with Crippen molar-refractivity contribution in [2.75, 3.05) is 13.7 Å². The fraction of sp³-hybridized carbons (Fsp3) is 0.143. The molecule has 0 aromatic heterocycles. The van der Waals surface area contributed by atoms with Crippen LogP contribution in [0.4, 0.5) is 5.69 Å². The van der Waals surface area contributed by atoms with Gasteiger partial charge in [0.15, 0.2) is 16.7 Å². The monoisotopic (exact) mass is 414 g/mol. The van der Waals surface area contributed by atoms with Crippen LogP contribution in [0, 0.1) is 6.92 Å². The van der Waals surface area contributed by atoms with Gasteiger partial charge < -0.3 is 14.8 Å². The SMILES string of the molecule is C=CCOc1ccc(/C=C2\SC(=Nc3cc(Cl)ccc3C)NC2=O)cc1OC. The normalized spacial score (nSPS) is 16.3. The van der Waals surface area contributed by atoms with Gasteiger partial charge in [0.1, 0.15) is 6.61 Å². The van der Waals surface area contributed by atoms with Crippen LogP contribution in [-0.2, 0) is 4.79 Å². The predicted octanol–water partition coefficient (Wildman–Crippen LogP) is 5.11. The lowest BCUT2D eigenvalue weighted by molar-refractivity contribution is -0.115. The molecule has 5 nitrogen and oxygen atoms in total. The molecule has 1 saturated heterocycles. The first kappa shape index (κ1) is 20.0. The van der Waals surface area contributed by atoms with E-state index in [4.69, 9.17) is 21.1 Å². The number of hydrogen-bond acceptors (Lipinski definition) is 5. The van der Waals surface area contributed by atoms with Gasteiger partial charge in [-0.05, 0) is 60.2 Å². The van der Waals surface area contributed by atoms with Gasteiger partial charge in [0.2, 0.25) is 0 Å². The van der Waals surface area contributed by atoms with E-state index in [1.54, 1.807) is 31.4 Å². The minimum Gasteiger partial charge on any atom is -0.493 e. The fourth-order valence-corrected chi connectivity index (χ4v) is 3.49. The number of nitrogens with one attached hydrogen (secondary N) is 1. The lowest BCUT2D eigenvalue weighted by Gasteiger charge is -2.09. The number of amides is 1. The largest absolute Gasteiger partial charge is 0.493 e. The van der Waals surface area contributed by atoms with Crippen LogP contribution in [0.2, 0.25) is 5.02 Å². The van der Waals surface area contributed by atoms with Crippen LogP contribution in [0.5, 0.6) is 11.5 Å². The third kappa shape index (κ3) is 4.77. The third-order valence-corrected chi connectivity index (χ3v) is 5.03. The standard InChI is InChI=1S/C21H19ClN2O3S/c1-4-9-27-17-8-6-14(10-18(17)26-3)11-19-20(25)24-21(28-19)23-16-12-15(22)7-5-13(16)2/h4-8,10-12H,1,9H2,2-3H3,(H,23,24,25)/b19-11-. The number of ether oxygens (including phenoxy) is 2. The number of hydrogen-bond donors (Lipinski definition) is 1. The number of halogens is 1. The van der Waals surface area contributed by atoms with E-state index in [1.807, 2.05) is 31.2 Å². The Balaban J connectivity index is 1.83. The highest BCUT2D eigenvalue weighted by atomic mass is 35.5. The van der Waals surface area contributed by atoms with E-state index >= 15 is 0 Å². The summed E-state index contributed by atoms with van der Waals surface area (Å²) < 4.78 is 10.9. The molecule has 2 aromatic rings. The molecule has 0 spiro atoms. The van der Waals surface area contributed by atoms with Gasteiger partial charge in [-0.2, -0.15) is 0 Å². The van der Waals surface area contributed by atoms with Crippen molar-refractivity contribution in [3.8, 4) is 11.5 Å². The van der Waals surface area contributed by atoms with E-state index in [0.717, 1.165) is 16.8 Å². The van der Waals surface area contributed by atoms with E-state index in [0.29, 0.717) is 33.2 Å². The van der Waals surface area contributed by atoms with Gasteiger partial charge in [-0.1, -0.05) is 36.4 Å². The quantitative estimate of drug-likeness (QED) is 0.526. The molecule has 1 amide bonds.